The molecular formula is C20H24N6O2. The Labute approximate surface area is 163 Å². The van der Waals surface area contributed by atoms with Crippen LogP contribution >= 0.6 is 0 Å². The molecule has 28 heavy (non-hydrogen) atoms. The molecule has 2 aromatic rings. The summed E-state index contributed by atoms with van der Waals surface area (Å²) in [4.78, 5) is 4.76. The van der Waals surface area contributed by atoms with Gasteiger partial charge in [-0.2, -0.15) is 10.4 Å². The first-order chi connectivity index (χ1) is 13.7. The SMILES string of the molecule is CN/C=C1\C2OCC2N1C[C@H]1CN(c2ccc(C#N)n3nccc23)C[C@@H](C)O1. The van der Waals surface area contributed by atoms with Crippen LogP contribution in [0.5, 0.6) is 0 Å². The average Bonchev–Trinajstić information content (AvgIpc) is 3.15. The third kappa shape index (κ3) is 2.62. The number of nitriles is 1. The van der Waals surface area contributed by atoms with Crippen LogP contribution in [0.15, 0.2) is 36.3 Å². The van der Waals surface area contributed by atoms with E-state index in [2.05, 4.69) is 33.2 Å². The highest BCUT2D eigenvalue weighted by Gasteiger charge is 2.52. The number of aromatic nitrogens is 2. The molecule has 1 N–H and O–H groups in total. The molecule has 3 aliphatic rings. The highest BCUT2D eigenvalue weighted by molar-refractivity contribution is 5.74. The van der Waals surface area contributed by atoms with Crippen LogP contribution in [0.4, 0.5) is 5.69 Å². The zero-order chi connectivity index (χ0) is 19.3. The number of hydrogen-bond acceptors (Lipinski definition) is 7. The summed E-state index contributed by atoms with van der Waals surface area (Å²) < 4.78 is 13.6. The first-order valence-electron chi connectivity index (χ1n) is 9.72. The fraction of sp³-hybridized carbons (Fsp3) is 0.500. The number of hydrogen-bond donors (Lipinski definition) is 1. The quantitative estimate of drug-likeness (QED) is 0.846. The molecule has 0 aliphatic carbocycles. The molecule has 0 aromatic carbocycles. The van der Waals surface area contributed by atoms with E-state index < -0.39 is 0 Å². The fourth-order valence-electron chi connectivity index (χ4n) is 4.56. The van der Waals surface area contributed by atoms with Crippen LogP contribution in [0, 0.1) is 11.3 Å². The van der Waals surface area contributed by atoms with Gasteiger partial charge in [-0.25, -0.2) is 4.52 Å². The summed E-state index contributed by atoms with van der Waals surface area (Å²) in [6.45, 7) is 5.39. The van der Waals surface area contributed by atoms with Crippen molar-refractivity contribution >= 4 is 11.2 Å². The summed E-state index contributed by atoms with van der Waals surface area (Å²) in [5.41, 5.74) is 3.80. The molecule has 146 valence electrons. The van der Waals surface area contributed by atoms with Gasteiger partial charge in [0.2, 0.25) is 0 Å². The molecule has 0 radical (unpaired) electrons. The highest BCUT2D eigenvalue weighted by atomic mass is 16.5. The second kappa shape index (κ2) is 6.69. The molecule has 8 nitrogen and oxygen atoms in total. The van der Waals surface area contributed by atoms with Crippen molar-refractivity contribution in [3.8, 4) is 6.07 Å². The van der Waals surface area contributed by atoms with E-state index >= 15 is 0 Å². The Hall–Kier alpha value is -2.76. The third-order valence-electron chi connectivity index (χ3n) is 5.83. The molecular weight excluding hydrogens is 356 g/mol. The maximum absolute atomic E-state index is 9.32. The molecule has 3 saturated heterocycles. The third-order valence-corrected chi connectivity index (χ3v) is 5.83. The van der Waals surface area contributed by atoms with Gasteiger partial charge in [-0.1, -0.05) is 0 Å². The summed E-state index contributed by atoms with van der Waals surface area (Å²) in [5.74, 6) is 0. The fourth-order valence-corrected chi connectivity index (χ4v) is 4.56. The molecule has 0 saturated carbocycles. The maximum Gasteiger partial charge on any atom is 0.142 e. The van der Waals surface area contributed by atoms with Crippen LogP contribution in [0.3, 0.4) is 0 Å². The highest BCUT2D eigenvalue weighted by Crippen LogP contribution is 2.40. The van der Waals surface area contributed by atoms with Crippen molar-refractivity contribution in [1.82, 2.24) is 19.8 Å². The number of anilines is 1. The van der Waals surface area contributed by atoms with Gasteiger partial charge in [-0.3, -0.25) is 0 Å². The Bertz CT molecular complexity index is 963. The van der Waals surface area contributed by atoms with Gasteiger partial charge in [0.05, 0.1) is 48.0 Å². The van der Waals surface area contributed by atoms with Crippen molar-refractivity contribution in [2.24, 2.45) is 0 Å². The summed E-state index contributed by atoms with van der Waals surface area (Å²) in [5, 5.41) is 16.8. The molecule has 3 aliphatic heterocycles. The van der Waals surface area contributed by atoms with E-state index in [4.69, 9.17) is 9.47 Å². The van der Waals surface area contributed by atoms with E-state index in [1.54, 1.807) is 10.7 Å². The molecule has 5 heterocycles. The molecule has 2 unspecified atom stereocenters. The number of fused-ring (bicyclic) bond motifs is 2. The lowest BCUT2D eigenvalue weighted by Gasteiger charge is -2.58. The van der Waals surface area contributed by atoms with Crippen LogP contribution in [-0.2, 0) is 9.47 Å². The predicted molar refractivity (Wildman–Crippen MR) is 104 cm³/mol. The lowest BCUT2D eigenvalue weighted by molar-refractivity contribution is -0.187. The Balaban J connectivity index is 1.37. The van der Waals surface area contributed by atoms with Crippen molar-refractivity contribution in [2.75, 3.05) is 38.2 Å². The van der Waals surface area contributed by atoms with Gasteiger partial charge in [0, 0.05) is 32.9 Å². The summed E-state index contributed by atoms with van der Waals surface area (Å²) >= 11 is 0. The zero-order valence-corrected chi connectivity index (χ0v) is 16.1. The summed E-state index contributed by atoms with van der Waals surface area (Å²) in [6, 6.07) is 8.51. The number of nitrogens with one attached hydrogen (secondary N) is 1. The second-order valence-corrected chi connectivity index (χ2v) is 7.65. The Kier molecular flexibility index (Phi) is 4.14. The van der Waals surface area contributed by atoms with E-state index in [9.17, 15) is 5.26 Å². The molecule has 0 bridgehead atoms. The minimum absolute atomic E-state index is 0.101. The van der Waals surface area contributed by atoms with E-state index in [1.165, 1.54) is 5.70 Å². The maximum atomic E-state index is 9.32. The lowest BCUT2D eigenvalue weighted by atomic mass is 9.89. The van der Waals surface area contributed by atoms with Crippen molar-refractivity contribution in [3.63, 3.8) is 0 Å². The molecule has 8 heteroatoms. The van der Waals surface area contributed by atoms with Crippen molar-refractivity contribution in [3.05, 3.63) is 42.0 Å². The predicted octanol–water partition coefficient (Wildman–Crippen LogP) is 0.943. The molecule has 0 spiro atoms. The molecule has 0 amide bonds. The van der Waals surface area contributed by atoms with Crippen LogP contribution in [-0.4, -0.2) is 72.2 Å². The number of likely N-dealkylation sites (tertiary alicyclic amines) is 1. The van der Waals surface area contributed by atoms with Crippen LogP contribution in [0.1, 0.15) is 12.6 Å². The monoisotopic (exact) mass is 380 g/mol. The van der Waals surface area contributed by atoms with Gasteiger partial charge in [0.25, 0.3) is 0 Å². The number of pyridine rings is 1. The number of morpholine rings is 2. The smallest absolute Gasteiger partial charge is 0.142 e. The van der Waals surface area contributed by atoms with E-state index in [0.29, 0.717) is 11.7 Å². The Morgan fingerprint density at radius 3 is 3.00 bits per heavy atom. The van der Waals surface area contributed by atoms with Gasteiger partial charge in [-0.15, -0.1) is 0 Å². The first-order valence-corrected chi connectivity index (χ1v) is 9.72. The van der Waals surface area contributed by atoms with Gasteiger partial charge in [0.15, 0.2) is 0 Å². The second-order valence-electron chi connectivity index (χ2n) is 7.65. The minimum Gasteiger partial charge on any atom is -0.392 e. The topological polar surface area (TPSA) is 78.1 Å². The van der Waals surface area contributed by atoms with E-state index in [1.807, 2.05) is 31.4 Å². The number of rotatable bonds is 4. The summed E-state index contributed by atoms with van der Waals surface area (Å²) in [7, 11) is 1.92. The van der Waals surface area contributed by atoms with Crippen molar-refractivity contribution in [2.45, 2.75) is 31.3 Å². The molecule has 3 fully saturated rings. The molecule has 2 aromatic heterocycles. The van der Waals surface area contributed by atoms with Crippen molar-refractivity contribution in [1.29, 1.82) is 5.26 Å². The van der Waals surface area contributed by atoms with Crippen LogP contribution in [0.2, 0.25) is 0 Å². The molecule has 4 atom stereocenters. The van der Waals surface area contributed by atoms with Gasteiger partial charge < -0.3 is 24.6 Å². The minimum atomic E-state index is 0.101. The van der Waals surface area contributed by atoms with Gasteiger partial charge in [0.1, 0.15) is 17.9 Å². The first kappa shape index (κ1) is 17.3. The normalized spacial score (nSPS) is 30.5. The largest absolute Gasteiger partial charge is 0.392 e. The van der Waals surface area contributed by atoms with Crippen molar-refractivity contribution < 1.29 is 9.47 Å². The number of nitrogens with zero attached hydrogens (tertiary/aromatic N) is 5. The lowest BCUT2D eigenvalue weighted by Crippen LogP contribution is -2.70. The Morgan fingerprint density at radius 1 is 1.36 bits per heavy atom. The standard InChI is InChI=1S/C20H24N6O2/c1-13-9-24(16-4-3-14(7-21)26-17(16)5-6-23-26)10-15(28-13)11-25-18(8-22-2)20-19(25)12-27-20/h3-6,8,13,15,19-20,22H,9-12H2,1-2H3/b18-8+/t13-,15-,19?,20?/m1/s1. The molecule has 5 rings (SSSR count). The van der Waals surface area contributed by atoms with Gasteiger partial charge >= 0.3 is 0 Å². The Morgan fingerprint density at radius 2 is 2.25 bits per heavy atom. The average molecular weight is 380 g/mol. The van der Waals surface area contributed by atoms with Gasteiger partial charge in [-0.05, 0) is 25.1 Å². The van der Waals surface area contributed by atoms with Crippen LogP contribution < -0.4 is 10.2 Å². The van der Waals surface area contributed by atoms with E-state index in [0.717, 1.165) is 37.4 Å². The number of ether oxygens (including phenoxy) is 2. The van der Waals surface area contributed by atoms with Crippen LogP contribution in [0.25, 0.3) is 5.52 Å². The van der Waals surface area contributed by atoms with E-state index in [-0.39, 0.29) is 18.3 Å². The zero-order valence-electron chi connectivity index (χ0n) is 16.1. The summed E-state index contributed by atoms with van der Waals surface area (Å²) in [6.07, 6.45) is 4.25.